The highest BCUT2D eigenvalue weighted by atomic mass is 32.2. The van der Waals surface area contributed by atoms with Gasteiger partial charge in [0.05, 0.1) is 4.90 Å². The van der Waals surface area contributed by atoms with Gasteiger partial charge in [-0.3, -0.25) is 10.2 Å². The van der Waals surface area contributed by atoms with Gasteiger partial charge in [-0.2, -0.15) is 0 Å². The second-order valence-electron chi connectivity index (χ2n) is 6.47. The SMILES string of the molecule is Cc1ccc(C(=O)NNS(=O)(=O)c2c(C)c(C)cc(C)c2C)c(C)c1. The van der Waals surface area contributed by atoms with Gasteiger partial charge in [-0.05, 0) is 75.4 Å². The first kappa shape index (κ1) is 19.1. The molecule has 2 aromatic carbocycles. The molecule has 2 aromatic rings. The third-order valence-electron chi connectivity index (χ3n) is 4.49. The van der Waals surface area contributed by atoms with Gasteiger partial charge in [0.15, 0.2) is 0 Å². The van der Waals surface area contributed by atoms with Crippen LogP contribution in [0, 0.1) is 41.5 Å². The van der Waals surface area contributed by atoms with Crippen molar-refractivity contribution in [3.05, 3.63) is 63.2 Å². The quantitative estimate of drug-likeness (QED) is 0.823. The molecule has 2 N–H and O–H groups in total. The van der Waals surface area contributed by atoms with Crippen molar-refractivity contribution in [3.8, 4) is 0 Å². The highest BCUT2D eigenvalue weighted by Gasteiger charge is 2.23. The molecule has 0 saturated heterocycles. The standard InChI is InChI=1S/C19H24N2O3S/c1-11-7-8-17(14(4)9-11)19(22)20-21-25(23,24)18-15(5)12(2)10-13(3)16(18)6/h7-10,21H,1-6H3,(H,20,22). The number of aryl methyl sites for hydroxylation is 4. The van der Waals surface area contributed by atoms with Crippen molar-refractivity contribution in [2.45, 2.75) is 46.4 Å². The van der Waals surface area contributed by atoms with Crippen molar-refractivity contribution >= 4 is 15.9 Å². The van der Waals surface area contributed by atoms with Crippen LogP contribution < -0.4 is 10.3 Å². The van der Waals surface area contributed by atoms with Crippen LogP contribution in [0.1, 0.15) is 43.7 Å². The third-order valence-corrected chi connectivity index (χ3v) is 6.01. The molecule has 0 unspecified atom stereocenters. The molecule has 6 heteroatoms. The van der Waals surface area contributed by atoms with E-state index in [4.69, 9.17) is 0 Å². The zero-order valence-electron chi connectivity index (χ0n) is 15.4. The van der Waals surface area contributed by atoms with E-state index in [0.29, 0.717) is 16.7 Å². The average Bonchev–Trinajstić information content (AvgIpc) is 2.51. The number of carbonyl (C=O) groups is 1. The van der Waals surface area contributed by atoms with E-state index in [0.717, 1.165) is 22.3 Å². The first-order valence-corrected chi connectivity index (χ1v) is 9.49. The number of rotatable bonds is 4. The van der Waals surface area contributed by atoms with E-state index < -0.39 is 15.9 Å². The number of hydrogen-bond donors (Lipinski definition) is 2. The molecule has 0 bridgehead atoms. The molecule has 0 atom stereocenters. The molecule has 0 heterocycles. The van der Waals surface area contributed by atoms with E-state index in [1.54, 1.807) is 19.9 Å². The third kappa shape index (κ3) is 3.91. The summed E-state index contributed by atoms with van der Waals surface area (Å²) in [5.41, 5.74) is 7.71. The predicted octanol–water partition coefficient (Wildman–Crippen LogP) is 3.16. The van der Waals surface area contributed by atoms with Gasteiger partial charge in [0.25, 0.3) is 15.9 Å². The van der Waals surface area contributed by atoms with E-state index >= 15 is 0 Å². The van der Waals surface area contributed by atoms with Crippen LogP contribution in [0.3, 0.4) is 0 Å². The molecule has 2 rings (SSSR count). The predicted molar refractivity (Wildman–Crippen MR) is 99.1 cm³/mol. The van der Waals surface area contributed by atoms with Crippen LogP contribution >= 0.6 is 0 Å². The Labute approximate surface area is 149 Å². The van der Waals surface area contributed by atoms with E-state index in [-0.39, 0.29) is 4.90 Å². The summed E-state index contributed by atoms with van der Waals surface area (Å²) in [6.07, 6.45) is 0. The van der Waals surface area contributed by atoms with Crippen molar-refractivity contribution in [3.63, 3.8) is 0 Å². The highest BCUT2D eigenvalue weighted by Crippen LogP contribution is 2.25. The summed E-state index contributed by atoms with van der Waals surface area (Å²) in [6, 6.07) is 7.33. The summed E-state index contributed by atoms with van der Waals surface area (Å²) in [6.45, 7) is 11.0. The fraction of sp³-hybridized carbons (Fsp3) is 0.316. The number of hydrogen-bond acceptors (Lipinski definition) is 3. The summed E-state index contributed by atoms with van der Waals surface area (Å²) in [4.78, 5) is 14.8. The smallest absolute Gasteiger partial charge is 0.266 e. The lowest BCUT2D eigenvalue weighted by atomic mass is 10.0. The minimum absolute atomic E-state index is 0.214. The number of amides is 1. The van der Waals surface area contributed by atoms with Crippen molar-refractivity contribution < 1.29 is 13.2 Å². The van der Waals surface area contributed by atoms with E-state index in [1.807, 2.05) is 45.9 Å². The molecule has 0 fully saturated rings. The molecule has 134 valence electrons. The molecule has 0 spiro atoms. The normalized spacial score (nSPS) is 11.4. The molecule has 0 aromatic heterocycles. The number of benzene rings is 2. The molecule has 0 saturated carbocycles. The number of carbonyl (C=O) groups excluding carboxylic acids is 1. The lowest BCUT2D eigenvalue weighted by Gasteiger charge is -2.16. The van der Waals surface area contributed by atoms with Gasteiger partial charge in [-0.15, -0.1) is 4.83 Å². The lowest BCUT2D eigenvalue weighted by Crippen LogP contribution is -2.42. The van der Waals surface area contributed by atoms with Crippen LogP contribution in [0.25, 0.3) is 0 Å². The molecular weight excluding hydrogens is 336 g/mol. The van der Waals surface area contributed by atoms with Crippen molar-refractivity contribution in [1.29, 1.82) is 0 Å². The molecule has 0 aliphatic rings. The molecule has 0 radical (unpaired) electrons. The number of nitrogens with one attached hydrogen (secondary N) is 2. The van der Waals surface area contributed by atoms with Crippen molar-refractivity contribution in [2.75, 3.05) is 0 Å². The Morgan fingerprint density at radius 1 is 0.840 bits per heavy atom. The summed E-state index contributed by atoms with van der Waals surface area (Å²) in [7, 11) is -3.87. The summed E-state index contributed by atoms with van der Waals surface area (Å²) in [5.74, 6) is -0.485. The van der Waals surface area contributed by atoms with Gasteiger partial charge < -0.3 is 0 Å². The fourth-order valence-corrected chi connectivity index (χ4v) is 4.34. The van der Waals surface area contributed by atoms with Gasteiger partial charge in [0, 0.05) is 5.56 Å². The second kappa shape index (κ2) is 6.98. The Hall–Kier alpha value is -2.18. The second-order valence-corrected chi connectivity index (χ2v) is 8.09. The summed E-state index contributed by atoms with van der Waals surface area (Å²) >= 11 is 0. The van der Waals surface area contributed by atoms with Gasteiger partial charge >= 0.3 is 0 Å². The van der Waals surface area contributed by atoms with E-state index in [9.17, 15) is 13.2 Å². The minimum atomic E-state index is -3.87. The Kier molecular flexibility index (Phi) is 5.34. The van der Waals surface area contributed by atoms with Gasteiger partial charge in [0.1, 0.15) is 0 Å². The van der Waals surface area contributed by atoms with Gasteiger partial charge in [-0.1, -0.05) is 23.8 Å². The van der Waals surface area contributed by atoms with Crippen LogP contribution in [0.15, 0.2) is 29.2 Å². The first-order chi connectivity index (χ1) is 11.5. The Bertz CT molecular complexity index is 921. The monoisotopic (exact) mass is 360 g/mol. The van der Waals surface area contributed by atoms with Crippen LogP contribution in [0.5, 0.6) is 0 Å². The molecule has 0 aliphatic heterocycles. The van der Waals surface area contributed by atoms with Crippen LogP contribution in [0.4, 0.5) is 0 Å². The Morgan fingerprint density at radius 3 is 1.92 bits per heavy atom. The van der Waals surface area contributed by atoms with Crippen molar-refractivity contribution in [1.82, 2.24) is 10.3 Å². The minimum Gasteiger partial charge on any atom is -0.273 e. The largest absolute Gasteiger partial charge is 0.273 e. The Morgan fingerprint density at radius 2 is 1.40 bits per heavy atom. The van der Waals surface area contributed by atoms with E-state index in [2.05, 4.69) is 10.3 Å². The summed E-state index contributed by atoms with van der Waals surface area (Å²) in [5, 5.41) is 0. The van der Waals surface area contributed by atoms with E-state index in [1.165, 1.54) is 0 Å². The fourth-order valence-electron chi connectivity index (χ4n) is 2.88. The molecule has 1 amide bonds. The maximum absolute atomic E-state index is 12.7. The maximum Gasteiger partial charge on any atom is 0.266 e. The molecule has 0 aliphatic carbocycles. The van der Waals surface area contributed by atoms with Gasteiger partial charge in [-0.25, -0.2) is 8.42 Å². The molecular formula is C19H24N2O3S. The van der Waals surface area contributed by atoms with Crippen molar-refractivity contribution in [2.24, 2.45) is 0 Å². The first-order valence-electron chi connectivity index (χ1n) is 8.01. The molecule has 5 nitrogen and oxygen atoms in total. The zero-order valence-corrected chi connectivity index (χ0v) is 16.3. The van der Waals surface area contributed by atoms with Crippen LogP contribution in [0.2, 0.25) is 0 Å². The van der Waals surface area contributed by atoms with Crippen LogP contribution in [-0.4, -0.2) is 14.3 Å². The highest BCUT2D eigenvalue weighted by molar-refractivity contribution is 7.89. The lowest BCUT2D eigenvalue weighted by molar-refractivity contribution is 0.0944. The Balaban J connectivity index is 2.30. The maximum atomic E-state index is 12.7. The summed E-state index contributed by atoms with van der Waals surface area (Å²) < 4.78 is 25.5. The van der Waals surface area contributed by atoms with Gasteiger partial charge in [0.2, 0.25) is 0 Å². The zero-order chi connectivity index (χ0) is 18.9. The topological polar surface area (TPSA) is 75.3 Å². The number of hydrazine groups is 1. The van der Waals surface area contributed by atoms with Crippen LogP contribution in [-0.2, 0) is 10.0 Å². The average molecular weight is 360 g/mol. The molecule has 25 heavy (non-hydrogen) atoms. The number of sulfonamides is 1.